The van der Waals surface area contributed by atoms with Gasteiger partial charge in [-0.25, -0.2) is 5.06 Å². The molecule has 1 saturated carbocycles. The number of allylic oxidation sites excluding steroid dienone is 1. The topological polar surface area (TPSA) is 43.3 Å². The molecule has 1 N–H and O–H groups in total. The van der Waals surface area contributed by atoms with Gasteiger partial charge in [-0.3, -0.25) is 9.83 Å². The van der Waals surface area contributed by atoms with Gasteiger partial charge in [0, 0.05) is 18.8 Å². The quantitative estimate of drug-likeness (QED) is 0.858. The summed E-state index contributed by atoms with van der Waals surface area (Å²) in [6, 6.07) is 0.821. The Morgan fingerprint density at radius 3 is 2.79 bits per heavy atom. The van der Waals surface area contributed by atoms with E-state index in [2.05, 4.69) is 35.2 Å². The van der Waals surface area contributed by atoms with E-state index in [0.717, 1.165) is 17.9 Å². The fourth-order valence-electron chi connectivity index (χ4n) is 4.10. The number of hydrogen-bond acceptors (Lipinski definition) is 6. The third-order valence-corrected chi connectivity index (χ3v) is 5.38. The van der Waals surface area contributed by atoms with Crippen LogP contribution in [0.25, 0.3) is 0 Å². The second-order valence-electron chi connectivity index (χ2n) is 6.93. The molecule has 4 aliphatic rings. The van der Waals surface area contributed by atoms with Crippen molar-refractivity contribution in [1.29, 1.82) is 0 Å². The van der Waals surface area contributed by atoms with E-state index < -0.39 is 0 Å². The summed E-state index contributed by atoms with van der Waals surface area (Å²) >= 11 is 0. The third-order valence-electron chi connectivity index (χ3n) is 5.38. The average Bonchev–Trinajstić information content (AvgIpc) is 3.25. The van der Waals surface area contributed by atoms with Gasteiger partial charge >= 0.3 is 0 Å². The van der Waals surface area contributed by atoms with E-state index in [1.54, 1.807) is 7.11 Å². The zero-order valence-electron chi connectivity index (χ0n) is 14.8. The average molecular weight is 329 g/mol. The van der Waals surface area contributed by atoms with Crippen LogP contribution in [-0.2, 0) is 4.84 Å². The number of hydroxylamine groups is 2. The number of hydrogen-bond donors (Lipinski definition) is 1. The maximum Gasteiger partial charge on any atom is 0.138 e. The monoisotopic (exact) mass is 329 g/mol. The van der Waals surface area contributed by atoms with E-state index in [1.807, 2.05) is 17.5 Å². The summed E-state index contributed by atoms with van der Waals surface area (Å²) in [6.07, 6.45) is 11.5. The predicted octanol–water partition coefficient (Wildman–Crippen LogP) is 2.36. The van der Waals surface area contributed by atoms with Crippen molar-refractivity contribution in [2.24, 2.45) is 4.99 Å². The molecule has 0 aromatic carbocycles. The minimum Gasteiger partial charge on any atom is -0.333 e. The summed E-state index contributed by atoms with van der Waals surface area (Å²) in [5.41, 5.74) is 3.57. The van der Waals surface area contributed by atoms with Gasteiger partial charge in [0.05, 0.1) is 31.3 Å². The van der Waals surface area contributed by atoms with E-state index in [1.165, 1.54) is 37.1 Å². The van der Waals surface area contributed by atoms with Gasteiger partial charge in [0.25, 0.3) is 0 Å². The number of aliphatic imine (C=N–C) groups is 1. The van der Waals surface area contributed by atoms with Crippen LogP contribution >= 0.6 is 0 Å². The van der Waals surface area contributed by atoms with Gasteiger partial charge in [0.2, 0.25) is 0 Å². The molecule has 0 aromatic heterocycles. The van der Waals surface area contributed by atoms with E-state index >= 15 is 0 Å². The second kappa shape index (κ2) is 6.26. The van der Waals surface area contributed by atoms with Crippen LogP contribution in [0.3, 0.4) is 0 Å². The van der Waals surface area contributed by atoms with Crippen LogP contribution in [0.2, 0.25) is 0 Å². The molecule has 1 unspecified atom stereocenters. The highest BCUT2D eigenvalue weighted by Crippen LogP contribution is 2.36. The highest BCUT2D eigenvalue weighted by atomic mass is 16.7. The Morgan fingerprint density at radius 2 is 2.08 bits per heavy atom. The molecule has 6 nitrogen and oxygen atoms in total. The fourth-order valence-corrected chi connectivity index (χ4v) is 4.10. The Kier molecular flexibility index (Phi) is 4.10. The largest absolute Gasteiger partial charge is 0.333 e. The van der Waals surface area contributed by atoms with Gasteiger partial charge in [-0.1, -0.05) is 12.8 Å². The smallest absolute Gasteiger partial charge is 0.138 e. The van der Waals surface area contributed by atoms with Crippen LogP contribution < -0.4 is 5.32 Å². The van der Waals surface area contributed by atoms with E-state index in [9.17, 15) is 0 Å². The van der Waals surface area contributed by atoms with Crippen molar-refractivity contribution in [2.45, 2.75) is 51.6 Å². The first-order chi connectivity index (χ1) is 11.7. The number of nitrogens with one attached hydrogen (secondary N) is 1. The van der Waals surface area contributed by atoms with Gasteiger partial charge in [-0.2, -0.15) is 0 Å². The predicted molar refractivity (Wildman–Crippen MR) is 94.5 cm³/mol. The van der Waals surface area contributed by atoms with Gasteiger partial charge in [-0.15, -0.1) is 0 Å². The highest BCUT2D eigenvalue weighted by molar-refractivity contribution is 5.81. The van der Waals surface area contributed by atoms with Gasteiger partial charge in [0.1, 0.15) is 18.2 Å². The van der Waals surface area contributed by atoms with Gasteiger partial charge in [0.15, 0.2) is 0 Å². The molecule has 3 heterocycles. The molecule has 0 spiro atoms. The molecule has 0 bridgehead atoms. The van der Waals surface area contributed by atoms with Crippen molar-refractivity contribution in [3.8, 4) is 0 Å². The summed E-state index contributed by atoms with van der Waals surface area (Å²) in [5.74, 6) is 1.19. The molecule has 4 rings (SSSR count). The molecule has 6 heteroatoms. The Balaban J connectivity index is 1.67. The summed E-state index contributed by atoms with van der Waals surface area (Å²) in [7, 11) is 1.70. The molecule has 0 aromatic rings. The van der Waals surface area contributed by atoms with Crippen molar-refractivity contribution in [1.82, 2.24) is 20.2 Å². The molecule has 1 aliphatic carbocycles. The minimum absolute atomic E-state index is 0.209. The fraction of sp³-hybridized carbons (Fsp3) is 0.611. The van der Waals surface area contributed by atoms with Crippen LogP contribution in [-0.4, -0.2) is 53.5 Å². The standard InChI is InChI=1S/C18H27N5O/c1-4-21-10-13(2)16(20-14-7-5-6-8-14)17-18(21)23-12-22(24-3)11-15(23)9-19-17/h9-11,14,16,20H,4-8,12H2,1-3H3. The van der Waals surface area contributed by atoms with Crippen LogP contribution in [0.1, 0.15) is 39.5 Å². The van der Waals surface area contributed by atoms with Crippen molar-refractivity contribution in [2.75, 3.05) is 20.3 Å². The molecule has 1 fully saturated rings. The first-order valence-electron chi connectivity index (χ1n) is 9.00. The zero-order chi connectivity index (χ0) is 16.7. The Morgan fingerprint density at radius 1 is 1.29 bits per heavy atom. The van der Waals surface area contributed by atoms with Crippen molar-refractivity contribution >= 4 is 6.21 Å². The Hall–Kier alpha value is -1.79. The zero-order valence-corrected chi connectivity index (χ0v) is 14.8. The van der Waals surface area contributed by atoms with Crippen molar-refractivity contribution in [3.63, 3.8) is 0 Å². The Labute approximate surface area is 144 Å². The molecule has 0 radical (unpaired) electrons. The molecule has 0 saturated heterocycles. The lowest BCUT2D eigenvalue weighted by molar-refractivity contribution is -0.0967. The van der Waals surface area contributed by atoms with Crippen LogP contribution in [0, 0.1) is 0 Å². The maximum absolute atomic E-state index is 5.39. The van der Waals surface area contributed by atoms with E-state index in [4.69, 9.17) is 9.83 Å². The molecule has 130 valence electrons. The maximum atomic E-state index is 5.39. The second-order valence-corrected chi connectivity index (χ2v) is 6.93. The molecular weight excluding hydrogens is 302 g/mol. The summed E-state index contributed by atoms with van der Waals surface area (Å²) < 4.78 is 0. The summed E-state index contributed by atoms with van der Waals surface area (Å²) in [4.78, 5) is 14.8. The van der Waals surface area contributed by atoms with Crippen molar-refractivity contribution in [3.05, 3.63) is 35.2 Å². The summed E-state index contributed by atoms with van der Waals surface area (Å²) in [6.45, 7) is 6.03. The molecule has 3 aliphatic heterocycles. The van der Waals surface area contributed by atoms with Crippen molar-refractivity contribution < 1.29 is 4.84 Å². The highest BCUT2D eigenvalue weighted by Gasteiger charge is 2.37. The number of fused-ring (bicyclic) bond motifs is 2. The first kappa shape index (κ1) is 15.7. The SMILES string of the molecule is CCN1C=C(C)C(NC2CCCC2)C2=C1N1CN(OC)C=C1C=N2. The molecule has 0 amide bonds. The van der Waals surface area contributed by atoms with Gasteiger partial charge < -0.3 is 15.1 Å². The lowest BCUT2D eigenvalue weighted by Crippen LogP contribution is -2.47. The molecule has 24 heavy (non-hydrogen) atoms. The van der Waals surface area contributed by atoms with Crippen LogP contribution in [0.4, 0.5) is 0 Å². The first-order valence-corrected chi connectivity index (χ1v) is 9.00. The normalized spacial score (nSPS) is 26.8. The summed E-state index contributed by atoms with van der Waals surface area (Å²) in [5, 5.41) is 5.70. The third kappa shape index (κ3) is 2.54. The lowest BCUT2D eigenvalue weighted by Gasteiger charge is -2.41. The van der Waals surface area contributed by atoms with Crippen LogP contribution in [0.5, 0.6) is 0 Å². The Bertz CT molecular complexity index is 629. The number of nitrogens with zero attached hydrogens (tertiary/aromatic N) is 4. The van der Waals surface area contributed by atoms with Gasteiger partial charge in [-0.05, 0) is 32.3 Å². The molecule has 1 atom stereocenters. The van der Waals surface area contributed by atoms with Crippen LogP contribution in [0.15, 0.2) is 40.2 Å². The lowest BCUT2D eigenvalue weighted by atomic mass is 9.99. The molecular formula is C18H27N5O. The number of rotatable bonds is 4. The van der Waals surface area contributed by atoms with E-state index in [-0.39, 0.29) is 6.04 Å². The minimum atomic E-state index is 0.209. The van der Waals surface area contributed by atoms with E-state index in [0.29, 0.717) is 12.7 Å².